The Hall–Kier alpha value is -3.33. The third-order valence-corrected chi connectivity index (χ3v) is 7.69. The van der Waals surface area contributed by atoms with Crippen molar-refractivity contribution in [3.8, 4) is 11.3 Å². The lowest BCUT2D eigenvalue weighted by molar-refractivity contribution is 0.0146. The summed E-state index contributed by atoms with van der Waals surface area (Å²) in [5, 5.41) is 13.4. The van der Waals surface area contributed by atoms with Gasteiger partial charge in [0.1, 0.15) is 28.9 Å². The number of carboxylic acids is 1. The van der Waals surface area contributed by atoms with E-state index < -0.39 is 17.6 Å². The number of piperidine rings is 1. The summed E-state index contributed by atoms with van der Waals surface area (Å²) in [6, 6.07) is 7.67. The van der Waals surface area contributed by atoms with Gasteiger partial charge in [0.2, 0.25) is 0 Å². The standard InChI is InChI=1S/C27H27F2N3O4/c1-14-19(27(33)34)9-10-23(30-14)32-16-7-8-17(32)12-18(11-16)35-13-20-25(31-36-26(20)15-5-6-15)24-21(28)3-2-4-22(24)29/h2-4,9-10,15-18H,5-8,11-13H2,1H3,(H,33,34)/t16-,17+,18?. The van der Waals surface area contributed by atoms with Gasteiger partial charge in [0.05, 0.1) is 29.5 Å². The van der Waals surface area contributed by atoms with Crippen molar-refractivity contribution in [1.29, 1.82) is 0 Å². The van der Waals surface area contributed by atoms with E-state index >= 15 is 0 Å². The van der Waals surface area contributed by atoms with Gasteiger partial charge in [-0.3, -0.25) is 0 Å². The van der Waals surface area contributed by atoms with Crippen molar-refractivity contribution in [3.05, 3.63) is 64.5 Å². The molecule has 1 aromatic carbocycles. The molecule has 2 aliphatic heterocycles. The van der Waals surface area contributed by atoms with E-state index in [-0.39, 0.29) is 47.5 Å². The number of aromatic nitrogens is 2. The molecule has 4 heterocycles. The van der Waals surface area contributed by atoms with Gasteiger partial charge in [0.15, 0.2) is 0 Å². The number of benzene rings is 1. The highest BCUT2D eigenvalue weighted by atomic mass is 19.1. The zero-order valence-corrected chi connectivity index (χ0v) is 19.9. The van der Waals surface area contributed by atoms with Crippen molar-refractivity contribution in [1.82, 2.24) is 10.1 Å². The van der Waals surface area contributed by atoms with Gasteiger partial charge in [-0.2, -0.15) is 0 Å². The Morgan fingerprint density at radius 3 is 2.42 bits per heavy atom. The fourth-order valence-corrected chi connectivity index (χ4v) is 5.80. The first-order chi connectivity index (χ1) is 17.4. The maximum absolute atomic E-state index is 14.5. The van der Waals surface area contributed by atoms with E-state index in [1.54, 1.807) is 19.1 Å². The molecule has 7 nitrogen and oxygen atoms in total. The molecule has 2 bridgehead atoms. The van der Waals surface area contributed by atoms with Crippen LogP contribution in [0.5, 0.6) is 0 Å². The van der Waals surface area contributed by atoms with Gasteiger partial charge in [-0.25, -0.2) is 18.6 Å². The van der Waals surface area contributed by atoms with Crippen molar-refractivity contribution < 1.29 is 27.9 Å². The minimum Gasteiger partial charge on any atom is -0.478 e. The minimum absolute atomic E-state index is 0.0154. The van der Waals surface area contributed by atoms with Crippen molar-refractivity contribution >= 4 is 11.8 Å². The molecule has 1 aliphatic carbocycles. The normalized spacial score (nSPS) is 23.3. The molecule has 0 spiro atoms. The van der Waals surface area contributed by atoms with E-state index in [1.807, 2.05) is 0 Å². The van der Waals surface area contributed by atoms with Crippen LogP contribution in [-0.4, -0.2) is 39.4 Å². The number of fused-ring (bicyclic) bond motifs is 2. The molecule has 0 radical (unpaired) electrons. The molecule has 1 saturated carbocycles. The maximum Gasteiger partial charge on any atom is 0.337 e. The Labute approximate surface area is 207 Å². The summed E-state index contributed by atoms with van der Waals surface area (Å²) in [6.45, 7) is 1.91. The Balaban J connectivity index is 1.20. The third-order valence-electron chi connectivity index (χ3n) is 7.69. The molecule has 3 aromatic rings. The topological polar surface area (TPSA) is 88.7 Å². The van der Waals surface area contributed by atoms with E-state index in [1.165, 1.54) is 18.2 Å². The minimum atomic E-state index is -0.976. The summed E-state index contributed by atoms with van der Waals surface area (Å²) in [4.78, 5) is 18.2. The van der Waals surface area contributed by atoms with Crippen molar-refractivity contribution in [3.63, 3.8) is 0 Å². The first kappa shape index (κ1) is 23.1. The molecule has 0 amide bonds. The lowest BCUT2D eigenvalue weighted by Gasteiger charge is -2.39. The van der Waals surface area contributed by atoms with Crippen LogP contribution in [0.25, 0.3) is 11.3 Å². The fourth-order valence-electron chi connectivity index (χ4n) is 5.80. The number of hydrogen-bond acceptors (Lipinski definition) is 6. The number of aromatic carboxylic acids is 1. The van der Waals surface area contributed by atoms with Crippen LogP contribution in [0.4, 0.5) is 14.6 Å². The van der Waals surface area contributed by atoms with E-state index in [0.29, 0.717) is 17.0 Å². The lowest BCUT2D eigenvalue weighted by Crippen LogP contribution is -2.46. The highest BCUT2D eigenvalue weighted by Crippen LogP contribution is 2.45. The summed E-state index contributed by atoms with van der Waals surface area (Å²) in [7, 11) is 0. The van der Waals surface area contributed by atoms with Crippen molar-refractivity contribution in [2.45, 2.75) is 76.2 Å². The molecule has 1 N–H and O–H groups in total. The number of anilines is 1. The van der Waals surface area contributed by atoms with Crippen LogP contribution in [0, 0.1) is 18.6 Å². The van der Waals surface area contributed by atoms with Crippen LogP contribution >= 0.6 is 0 Å². The van der Waals surface area contributed by atoms with Gasteiger partial charge in [0, 0.05) is 23.6 Å². The highest BCUT2D eigenvalue weighted by Gasteiger charge is 2.42. The number of ether oxygens (including phenoxy) is 1. The zero-order chi connectivity index (χ0) is 25.0. The van der Waals surface area contributed by atoms with Gasteiger partial charge in [-0.15, -0.1) is 0 Å². The van der Waals surface area contributed by atoms with Gasteiger partial charge in [0.25, 0.3) is 0 Å². The third kappa shape index (κ3) is 4.05. The van der Waals surface area contributed by atoms with E-state index in [9.17, 15) is 18.7 Å². The van der Waals surface area contributed by atoms with Crippen LogP contribution in [-0.2, 0) is 11.3 Å². The van der Waals surface area contributed by atoms with Crippen molar-refractivity contribution in [2.75, 3.05) is 4.90 Å². The second-order valence-corrected chi connectivity index (χ2v) is 10.0. The number of carbonyl (C=O) groups is 1. The predicted octanol–water partition coefficient (Wildman–Crippen LogP) is 5.62. The second kappa shape index (κ2) is 8.96. The molecule has 2 aromatic heterocycles. The molecular weight excluding hydrogens is 468 g/mol. The summed E-state index contributed by atoms with van der Waals surface area (Å²) in [5.74, 6) is -0.622. The van der Waals surface area contributed by atoms with Crippen LogP contribution in [0.2, 0.25) is 0 Å². The lowest BCUT2D eigenvalue weighted by atomic mass is 9.99. The molecule has 2 saturated heterocycles. The summed E-state index contributed by atoms with van der Waals surface area (Å²) >= 11 is 0. The summed E-state index contributed by atoms with van der Waals surface area (Å²) in [6.07, 6.45) is 5.54. The van der Waals surface area contributed by atoms with Crippen LogP contribution in [0.15, 0.2) is 34.9 Å². The average Bonchev–Trinajstić information content (AvgIpc) is 3.55. The number of halogens is 2. The Morgan fingerprint density at radius 1 is 1.11 bits per heavy atom. The van der Waals surface area contributed by atoms with Crippen LogP contribution < -0.4 is 4.90 Å². The largest absolute Gasteiger partial charge is 0.478 e. The fraction of sp³-hybridized carbons (Fsp3) is 0.444. The van der Waals surface area contributed by atoms with E-state index in [0.717, 1.165) is 44.3 Å². The molecule has 3 aliphatic rings. The number of aryl methyl sites for hydroxylation is 1. The SMILES string of the molecule is Cc1nc(N2[C@@H]3CC[C@H]2CC(OCc2c(-c4c(F)cccc4F)noc2C2CC2)C3)ccc1C(=O)O. The molecule has 1 unspecified atom stereocenters. The molecule has 188 valence electrons. The predicted molar refractivity (Wildman–Crippen MR) is 127 cm³/mol. The molecular formula is C27H27F2N3O4. The first-order valence-electron chi connectivity index (χ1n) is 12.4. The maximum atomic E-state index is 14.5. The zero-order valence-electron chi connectivity index (χ0n) is 19.9. The quantitative estimate of drug-likeness (QED) is 0.455. The Bertz CT molecular complexity index is 1290. The first-order valence-corrected chi connectivity index (χ1v) is 12.4. The molecule has 9 heteroatoms. The monoisotopic (exact) mass is 495 g/mol. The van der Waals surface area contributed by atoms with Crippen LogP contribution in [0.1, 0.15) is 71.8 Å². The molecule has 3 atom stereocenters. The number of rotatable bonds is 7. The van der Waals surface area contributed by atoms with E-state index in [4.69, 9.17) is 9.26 Å². The van der Waals surface area contributed by atoms with Crippen molar-refractivity contribution in [2.24, 2.45) is 0 Å². The molecule has 6 rings (SSSR count). The van der Waals surface area contributed by atoms with Gasteiger partial charge >= 0.3 is 5.97 Å². The second-order valence-electron chi connectivity index (χ2n) is 10.0. The molecule has 36 heavy (non-hydrogen) atoms. The Morgan fingerprint density at radius 2 is 1.81 bits per heavy atom. The molecule has 3 fully saturated rings. The number of pyridine rings is 1. The van der Waals surface area contributed by atoms with Gasteiger partial charge in [-0.1, -0.05) is 11.2 Å². The van der Waals surface area contributed by atoms with E-state index in [2.05, 4.69) is 15.0 Å². The smallest absolute Gasteiger partial charge is 0.337 e. The Kier molecular flexibility index (Phi) is 5.75. The number of carboxylic acid groups (broad SMARTS) is 1. The summed E-state index contributed by atoms with van der Waals surface area (Å²) in [5.41, 5.74) is 1.37. The van der Waals surface area contributed by atoms with Gasteiger partial charge < -0.3 is 19.3 Å². The summed E-state index contributed by atoms with van der Waals surface area (Å²) < 4.78 is 41.0. The number of hydrogen-bond donors (Lipinski definition) is 1. The van der Waals surface area contributed by atoms with Gasteiger partial charge in [-0.05, 0) is 69.7 Å². The number of nitrogens with zero attached hydrogens (tertiary/aromatic N) is 3. The van der Waals surface area contributed by atoms with Crippen LogP contribution in [0.3, 0.4) is 0 Å². The average molecular weight is 496 g/mol. The highest BCUT2D eigenvalue weighted by molar-refractivity contribution is 5.89.